The summed E-state index contributed by atoms with van der Waals surface area (Å²) in [4.78, 5) is 10.5. The fraction of sp³-hybridized carbons (Fsp3) is 0.375. The number of hydrogen-bond acceptors (Lipinski definition) is 3. The summed E-state index contributed by atoms with van der Waals surface area (Å²) in [5.41, 5.74) is 0.192. The molecule has 1 aliphatic carbocycles. The molecule has 1 N–H and O–H groups in total. The molecule has 78 valence electrons. The van der Waals surface area contributed by atoms with Gasteiger partial charge in [-0.1, -0.05) is 34.8 Å². The lowest BCUT2D eigenvalue weighted by Crippen LogP contribution is -2.48. The summed E-state index contributed by atoms with van der Waals surface area (Å²) >= 11 is 17.2. The van der Waals surface area contributed by atoms with E-state index in [0.717, 1.165) is 0 Å². The molecule has 0 aromatic carbocycles. The Morgan fingerprint density at radius 3 is 2.57 bits per heavy atom. The first kappa shape index (κ1) is 12.0. The number of rotatable bonds is 2. The second kappa shape index (κ2) is 3.83. The number of aldehydes is 1. The van der Waals surface area contributed by atoms with Gasteiger partial charge in [0.2, 0.25) is 10.1 Å². The van der Waals surface area contributed by atoms with E-state index in [4.69, 9.17) is 39.5 Å². The van der Waals surface area contributed by atoms with Crippen LogP contribution in [0, 0.1) is 0 Å². The molecule has 0 aliphatic heterocycles. The molecule has 0 fully saturated rings. The fourth-order valence-electron chi connectivity index (χ4n) is 1.02. The van der Waals surface area contributed by atoms with Crippen LogP contribution in [-0.2, 0) is 9.53 Å². The lowest BCUT2D eigenvalue weighted by Gasteiger charge is -2.37. The molecule has 0 heterocycles. The Morgan fingerprint density at radius 2 is 2.14 bits per heavy atom. The smallest absolute Gasteiger partial charge is 0.222 e. The minimum atomic E-state index is -2.07. The number of methoxy groups -OCH3 is 1. The van der Waals surface area contributed by atoms with Gasteiger partial charge in [-0.05, 0) is 12.2 Å². The zero-order valence-electron chi connectivity index (χ0n) is 7.13. The third-order valence-corrected chi connectivity index (χ3v) is 3.44. The van der Waals surface area contributed by atoms with Crippen molar-refractivity contribution in [3.8, 4) is 0 Å². The van der Waals surface area contributed by atoms with Crippen molar-refractivity contribution in [2.45, 2.75) is 10.1 Å². The second-order valence-electron chi connectivity index (χ2n) is 2.73. The number of alkyl halides is 2. The molecule has 1 aliphatic rings. The van der Waals surface area contributed by atoms with Crippen LogP contribution in [0.15, 0.2) is 22.8 Å². The Hall–Kier alpha value is -0.0600. The normalized spacial score (nSPS) is 37.5. The predicted octanol–water partition coefficient (Wildman–Crippen LogP) is 1.76. The molecule has 2 atom stereocenters. The van der Waals surface area contributed by atoms with Crippen molar-refractivity contribution in [3.63, 3.8) is 0 Å². The van der Waals surface area contributed by atoms with Crippen LogP contribution in [0.3, 0.4) is 0 Å². The molecule has 1 rings (SSSR count). The summed E-state index contributed by atoms with van der Waals surface area (Å²) in [5, 5.41) is 5.75. The lowest BCUT2D eigenvalue weighted by molar-refractivity contribution is -0.104. The quantitative estimate of drug-likeness (QED) is 0.606. The number of carbonyl (C=O) groups is 1. The first-order valence-corrected chi connectivity index (χ1v) is 4.72. The van der Waals surface area contributed by atoms with E-state index >= 15 is 0 Å². The first-order valence-electron chi connectivity index (χ1n) is 3.58. The minimum absolute atomic E-state index is 0.166. The van der Waals surface area contributed by atoms with Gasteiger partial charge in [0.05, 0.1) is 5.03 Å². The van der Waals surface area contributed by atoms with E-state index in [0.29, 0.717) is 6.29 Å². The molecular weight excluding hydrogens is 250 g/mol. The van der Waals surface area contributed by atoms with Gasteiger partial charge in [0.1, 0.15) is 6.29 Å². The van der Waals surface area contributed by atoms with Gasteiger partial charge in [-0.25, -0.2) is 0 Å². The van der Waals surface area contributed by atoms with Crippen LogP contribution in [-0.4, -0.2) is 28.6 Å². The molecular formula is C8H7Cl3O3. The van der Waals surface area contributed by atoms with Gasteiger partial charge in [-0.15, -0.1) is 0 Å². The zero-order chi connectivity index (χ0) is 11.0. The maximum Gasteiger partial charge on any atom is 0.222 e. The van der Waals surface area contributed by atoms with Crippen LogP contribution in [0.25, 0.3) is 0 Å². The number of allylic oxidation sites excluding steroid dienone is 2. The molecule has 0 aromatic rings. The zero-order valence-corrected chi connectivity index (χ0v) is 9.40. The summed E-state index contributed by atoms with van der Waals surface area (Å²) in [6.45, 7) is 0. The van der Waals surface area contributed by atoms with Crippen LogP contribution in [0.4, 0.5) is 0 Å². The van der Waals surface area contributed by atoms with Crippen molar-refractivity contribution in [1.29, 1.82) is 0 Å². The van der Waals surface area contributed by atoms with Crippen molar-refractivity contribution < 1.29 is 14.6 Å². The maximum atomic E-state index is 10.5. The van der Waals surface area contributed by atoms with Crippen molar-refractivity contribution in [3.05, 3.63) is 22.8 Å². The number of aliphatic hydroxyl groups is 1. The van der Waals surface area contributed by atoms with E-state index in [-0.39, 0.29) is 10.6 Å². The summed E-state index contributed by atoms with van der Waals surface area (Å²) in [7, 11) is 1.24. The van der Waals surface area contributed by atoms with Crippen molar-refractivity contribution in [2.24, 2.45) is 0 Å². The highest BCUT2D eigenvalue weighted by Gasteiger charge is 2.52. The van der Waals surface area contributed by atoms with Gasteiger partial charge < -0.3 is 9.84 Å². The number of ether oxygens (including phenoxy) is 1. The Bertz CT molecular complexity index is 322. The monoisotopic (exact) mass is 256 g/mol. The molecule has 0 amide bonds. The van der Waals surface area contributed by atoms with Crippen molar-refractivity contribution >= 4 is 41.1 Å². The van der Waals surface area contributed by atoms with Crippen molar-refractivity contribution in [1.82, 2.24) is 0 Å². The van der Waals surface area contributed by atoms with E-state index in [1.54, 1.807) is 0 Å². The van der Waals surface area contributed by atoms with Crippen LogP contribution in [0.1, 0.15) is 0 Å². The standard InChI is InChI=1S/C8H7Cl3O3/c1-14-7(10)3-5(4-12)2-6(9)8(7,11)13/h2-4,13H,1H3. The summed E-state index contributed by atoms with van der Waals surface area (Å²) in [6, 6.07) is 0. The van der Waals surface area contributed by atoms with E-state index < -0.39 is 10.1 Å². The van der Waals surface area contributed by atoms with Crippen LogP contribution < -0.4 is 0 Å². The Morgan fingerprint density at radius 1 is 1.57 bits per heavy atom. The van der Waals surface area contributed by atoms with Gasteiger partial charge >= 0.3 is 0 Å². The topological polar surface area (TPSA) is 46.5 Å². The Labute approximate surface area is 95.9 Å². The summed E-state index contributed by atoms with van der Waals surface area (Å²) in [6.07, 6.45) is 2.95. The predicted molar refractivity (Wildman–Crippen MR) is 54.5 cm³/mol. The Balaban J connectivity index is 3.25. The lowest BCUT2D eigenvalue weighted by atomic mass is 10.0. The van der Waals surface area contributed by atoms with Gasteiger partial charge in [0.15, 0.2) is 0 Å². The molecule has 6 heteroatoms. The molecule has 0 aromatic heterocycles. The molecule has 0 saturated heterocycles. The molecule has 0 saturated carbocycles. The average Bonchev–Trinajstić information content (AvgIpc) is 2.14. The third-order valence-electron chi connectivity index (χ3n) is 1.85. The minimum Gasteiger partial charge on any atom is -0.367 e. The molecule has 0 radical (unpaired) electrons. The van der Waals surface area contributed by atoms with Gasteiger partial charge in [0.25, 0.3) is 0 Å². The number of hydrogen-bond donors (Lipinski definition) is 1. The first-order chi connectivity index (χ1) is 6.37. The third kappa shape index (κ3) is 1.71. The van der Waals surface area contributed by atoms with E-state index in [2.05, 4.69) is 0 Å². The molecule has 0 spiro atoms. The molecule has 0 bridgehead atoms. The SMILES string of the molecule is COC1(Cl)C=C(C=O)C=C(Cl)C1(O)Cl. The highest BCUT2D eigenvalue weighted by Crippen LogP contribution is 2.45. The van der Waals surface area contributed by atoms with Crippen LogP contribution >= 0.6 is 34.8 Å². The summed E-state index contributed by atoms with van der Waals surface area (Å²) < 4.78 is 4.82. The average molecular weight is 258 g/mol. The molecule has 2 unspecified atom stereocenters. The Kier molecular flexibility index (Phi) is 3.29. The fourth-order valence-corrected chi connectivity index (χ4v) is 1.75. The van der Waals surface area contributed by atoms with Gasteiger partial charge in [-0.2, -0.15) is 0 Å². The molecule has 3 nitrogen and oxygen atoms in total. The maximum absolute atomic E-state index is 10.5. The largest absolute Gasteiger partial charge is 0.367 e. The number of halogens is 3. The second-order valence-corrected chi connectivity index (χ2v) is 4.24. The van der Waals surface area contributed by atoms with Crippen LogP contribution in [0.2, 0.25) is 0 Å². The van der Waals surface area contributed by atoms with Crippen LogP contribution in [0.5, 0.6) is 0 Å². The van der Waals surface area contributed by atoms with E-state index in [1.807, 2.05) is 0 Å². The van der Waals surface area contributed by atoms with Gasteiger partial charge in [-0.3, -0.25) is 4.79 Å². The summed E-state index contributed by atoms with van der Waals surface area (Å²) in [5.74, 6) is 0. The highest BCUT2D eigenvalue weighted by atomic mass is 35.5. The highest BCUT2D eigenvalue weighted by molar-refractivity contribution is 6.44. The molecule has 14 heavy (non-hydrogen) atoms. The van der Waals surface area contributed by atoms with E-state index in [1.165, 1.54) is 19.3 Å². The van der Waals surface area contributed by atoms with Crippen molar-refractivity contribution in [2.75, 3.05) is 7.11 Å². The number of carbonyl (C=O) groups excluding carboxylic acids is 1. The van der Waals surface area contributed by atoms with Gasteiger partial charge in [0, 0.05) is 12.7 Å². The van der Waals surface area contributed by atoms with E-state index in [9.17, 15) is 9.90 Å².